The van der Waals surface area contributed by atoms with E-state index >= 15 is 0 Å². The Morgan fingerprint density at radius 2 is 2.21 bits per heavy atom. The van der Waals surface area contributed by atoms with Crippen LogP contribution in [0.25, 0.3) is 0 Å². The van der Waals surface area contributed by atoms with E-state index in [0.29, 0.717) is 54.7 Å². The van der Waals surface area contributed by atoms with Crippen molar-refractivity contribution in [3.63, 3.8) is 0 Å². The smallest absolute Gasteiger partial charge is 0.335 e. The minimum absolute atomic E-state index is 0.0637. The molecule has 2 N–H and O–H groups in total. The van der Waals surface area contributed by atoms with Gasteiger partial charge in [-0.1, -0.05) is 17.7 Å². The number of carbonyl (C=O) groups excluding carboxylic acids is 1. The van der Waals surface area contributed by atoms with Crippen LogP contribution in [-0.2, 0) is 9.59 Å². The average Bonchev–Trinajstić information content (AvgIpc) is 3.43. The lowest BCUT2D eigenvalue weighted by Gasteiger charge is -2.38. The van der Waals surface area contributed by atoms with Gasteiger partial charge in [0, 0.05) is 66.5 Å². The summed E-state index contributed by atoms with van der Waals surface area (Å²) < 4.78 is 13.7. The monoisotopic (exact) mass is 489 g/mol. The Morgan fingerprint density at radius 1 is 1.36 bits per heavy atom. The molecule has 2 saturated heterocycles. The first-order chi connectivity index (χ1) is 15.9. The highest BCUT2D eigenvalue weighted by molar-refractivity contribution is 7.11. The number of hydrogen-bond donors (Lipinski definition) is 2. The predicted octanol–water partition coefficient (Wildman–Crippen LogP) is 2.67. The topological polar surface area (TPSA) is 98.1 Å². The van der Waals surface area contributed by atoms with Crippen LogP contribution in [-0.4, -0.2) is 69.8 Å². The third kappa shape index (κ3) is 4.25. The molecule has 0 aliphatic carbocycles. The van der Waals surface area contributed by atoms with Crippen LogP contribution in [0.4, 0.5) is 4.39 Å². The minimum Gasteiger partial charge on any atom is -0.478 e. The van der Waals surface area contributed by atoms with Gasteiger partial charge in [-0.2, -0.15) is 0 Å². The molecule has 2 fully saturated rings. The Labute approximate surface area is 198 Å². The fourth-order valence-corrected chi connectivity index (χ4v) is 5.52. The first kappa shape index (κ1) is 22.0. The number of carbonyl (C=O) groups is 2. The number of aliphatic imine (C=N–C) groups is 1. The van der Waals surface area contributed by atoms with Crippen molar-refractivity contribution >= 4 is 40.6 Å². The molecule has 2 aromatic rings. The number of aliphatic carboxylic acids is 1. The second-order valence-corrected chi connectivity index (χ2v) is 9.52. The Hall–Kier alpha value is -2.82. The van der Waals surface area contributed by atoms with Gasteiger partial charge in [-0.3, -0.25) is 14.7 Å². The number of nitrogens with zero attached hydrogens (tertiary/aromatic N) is 4. The maximum Gasteiger partial charge on any atom is 0.335 e. The second-order valence-electron chi connectivity index (χ2n) is 8.22. The van der Waals surface area contributed by atoms with Crippen LogP contribution in [0.3, 0.4) is 0 Å². The van der Waals surface area contributed by atoms with Gasteiger partial charge < -0.3 is 15.3 Å². The zero-order valence-electron chi connectivity index (χ0n) is 17.5. The number of piperazine rings is 1. The number of amides is 1. The van der Waals surface area contributed by atoms with E-state index in [4.69, 9.17) is 11.6 Å². The van der Waals surface area contributed by atoms with E-state index in [-0.39, 0.29) is 22.5 Å². The van der Waals surface area contributed by atoms with Gasteiger partial charge in [-0.15, -0.1) is 11.3 Å². The number of carboxylic acids is 1. The van der Waals surface area contributed by atoms with Crippen molar-refractivity contribution in [3.05, 3.63) is 62.5 Å². The largest absolute Gasteiger partial charge is 0.478 e. The standard InChI is InChI=1S/C22H21ClFN5O3S/c23-15-9-12(24)1-3-14(15)19-18(22(31)32)16(26-20(27-19)21-25-5-8-33-21)11-28-6-7-29-13(10-28)2-4-17(29)30/h1,3,5,8-9,13,19H,2,4,6-7,10-11H2,(H,26,27)(H,31,32)/t13-,19+/m1/s1. The number of amidine groups is 1. The number of benzene rings is 1. The molecule has 0 spiro atoms. The number of rotatable bonds is 5. The van der Waals surface area contributed by atoms with Gasteiger partial charge in [0.2, 0.25) is 5.91 Å². The van der Waals surface area contributed by atoms with Crippen molar-refractivity contribution in [2.45, 2.75) is 24.9 Å². The Kier molecular flexibility index (Phi) is 5.90. The average molecular weight is 490 g/mol. The lowest BCUT2D eigenvalue weighted by Crippen LogP contribution is -2.52. The lowest BCUT2D eigenvalue weighted by molar-refractivity contribution is -0.133. The second kappa shape index (κ2) is 8.85. The molecule has 0 radical (unpaired) electrons. The van der Waals surface area contributed by atoms with E-state index in [2.05, 4.69) is 20.2 Å². The van der Waals surface area contributed by atoms with Gasteiger partial charge in [0.25, 0.3) is 0 Å². The van der Waals surface area contributed by atoms with E-state index in [1.54, 1.807) is 6.20 Å². The molecule has 2 atom stereocenters. The van der Waals surface area contributed by atoms with E-state index in [1.165, 1.54) is 23.5 Å². The summed E-state index contributed by atoms with van der Waals surface area (Å²) in [6.07, 6.45) is 3.02. The molecule has 8 nitrogen and oxygen atoms in total. The summed E-state index contributed by atoms with van der Waals surface area (Å²) in [5, 5.41) is 15.9. The molecule has 0 bridgehead atoms. The predicted molar refractivity (Wildman–Crippen MR) is 122 cm³/mol. The molecule has 1 aromatic carbocycles. The van der Waals surface area contributed by atoms with Crippen LogP contribution in [0, 0.1) is 5.82 Å². The summed E-state index contributed by atoms with van der Waals surface area (Å²) in [5.74, 6) is -0.999. The fourth-order valence-electron chi connectivity index (χ4n) is 4.67. The molecule has 33 heavy (non-hydrogen) atoms. The first-order valence-corrected chi connectivity index (χ1v) is 11.8. The molecule has 3 aliphatic rings. The summed E-state index contributed by atoms with van der Waals surface area (Å²) in [4.78, 5) is 37.5. The molecular weight excluding hydrogens is 469 g/mol. The lowest BCUT2D eigenvalue weighted by atomic mass is 9.95. The Bertz CT molecular complexity index is 1170. The van der Waals surface area contributed by atoms with Crippen molar-refractivity contribution in [2.75, 3.05) is 26.2 Å². The SMILES string of the molecule is O=C(O)C1=C(CN2CCN3C(=O)CC[C@@H]3C2)NC(c2nccs2)=N[C@H]1c1ccc(F)cc1Cl. The summed E-state index contributed by atoms with van der Waals surface area (Å²) >= 11 is 7.69. The van der Waals surface area contributed by atoms with Gasteiger partial charge in [-0.25, -0.2) is 14.2 Å². The van der Waals surface area contributed by atoms with Crippen molar-refractivity contribution in [3.8, 4) is 0 Å². The Morgan fingerprint density at radius 3 is 2.94 bits per heavy atom. The first-order valence-electron chi connectivity index (χ1n) is 10.6. The molecule has 172 valence electrons. The zero-order valence-corrected chi connectivity index (χ0v) is 19.1. The third-order valence-electron chi connectivity index (χ3n) is 6.21. The van der Waals surface area contributed by atoms with Gasteiger partial charge in [0.15, 0.2) is 10.8 Å². The van der Waals surface area contributed by atoms with Crippen LogP contribution in [0.5, 0.6) is 0 Å². The fraction of sp³-hybridized carbons (Fsp3) is 0.364. The van der Waals surface area contributed by atoms with Crippen molar-refractivity contribution in [2.24, 2.45) is 4.99 Å². The number of nitrogens with one attached hydrogen (secondary N) is 1. The molecule has 1 amide bonds. The number of hydrogen-bond acceptors (Lipinski definition) is 7. The van der Waals surface area contributed by atoms with Crippen molar-refractivity contribution in [1.29, 1.82) is 0 Å². The van der Waals surface area contributed by atoms with E-state index in [1.807, 2.05) is 10.3 Å². The van der Waals surface area contributed by atoms with Crippen LogP contribution in [0.15, 0.2) is 46.0 Å². The molecular formula is C22H21ClFN5O3S. The molecule has 0 unspecified atom stereocenters. The van der Waals surface area contributed by atoms with Crippen molar-refractivity contribution in [1.82, 2.24) is 20.1 Å². The normalized spacial score (nSPS) is 23.4. The van der Waals surface area contributed by atoms with Gasteiger partial charge in [0.1, 0.15) is 11.9 Å². The van der Waals surface area contributed by atoms with Gasteiger partial charge in [0.05, 0.1) is 5.57 Å². The molecule has 3 aliphatic heterocycles. The molecule has 5 rings (SSSR count). The van der Waals surface area contributed by atoms with E-state index in [0.717, 1.165) is 12.5 Å². The number of thiazole rings is 1. The van der Waals surface area contributed by atoms with E-state index < -0.39 is 17.8 Å². The van der Waals surface area contributed by atoms with Gasteiger partial charge in [-0.05, 0) is 18.6 Å². The summed E-state index contributed by atoms with van der Waals surface area (Å²) in [5.41, 5.74) is 0.967. The molecule has 1 aromatic heterocycles. The Balaban J connectivity index is 1.52. The third-order valence-corrected chi connectivity index (χ3v) is 7.32. The summed E-state index contributed by atoms with van der Waals surface area (Å²) in [6, 6.07) is 3.11. The summed E-state index contributed by atoms with van der Waals surface area (Å²) in [7, 11) is 0. The van der Waals surface area contributed by atoms with Crippen LogP contribution >= 0.6 is 22.9 Å². The summed E-state index contributed by atoms with van der Waals surface area (Å²) in [6.45, 7) is 2.29. The highest BCUT2D eigenvalue weighted by atomic mass is 35.5. The number of halogens is 2. The van der Waals surface area contributed by atoms with Gasteiger partial charge >= 0.3 is 5.97 Å². The molecule has 0 saturated carbocycles. The quantitative estimate of drug-likeness (QED) is 0.670. The highest BCUT2D eigenvalue weighted by Gasteiger charge is 2.38. The number of carboxylic acid groups (broad SMARTS) is 1. The van der Waals surface area contributed by atoms with Crippen LogP contribution in [0.2, 0.25) is 5.02 Å². The number of fused-ring (bicyclic) bond motifs is 1. The maximum absolute atomic E-state index is 13.7. The zero-order chi connectivity index (χ0) is 23.1. The minimum atomic E-state index is -1.13. The maximum atomic E-state index is 13.7. The highest BCUT2D eigenvalue weighted by Crippen LogP contribution is 2.36. The molecule has 11 heteroatoms. The molecule has 4 heterocycles. The van der Waals surface area contributed by atoms with Crippen LogP contribution in [0.1, 0.15) is 29.5 Å². The van der Waals surface area contributed by atoms with Crippen LogP contribution < -0.4 is 5.32 Å². The van der Waals surface area contributed by atoms with Crippen molar-refractivity contribution < 1.29 is 19.1 Å². The van der Waals surface area contributed by atoms with E-state index in [9.17, 15) is 19.1 Å². The number of aromatic nitrogens is 1.